The van der Waals surface area contributed by atoms with E-state index >= 15 is 0 Å². The van der Waals surface area contributed by atoms with Gasteiger partial charge >= 0.3 is 5.97 Å². The van der Waals surface area contributed by atoms with E-state index in [9.17, 15) is 9.59 Å². The molecule has 4 rings (SSSR count). The van der Waals surface area contributed by atoms with Crippen molar-refractivity contribution in [3.63, 3.8) is 0 Å². The quantitative estimate of drug-likeness (QED) is 0.205. The molecule has 0 spiro atoms. The molecule has 0 aliphatic carbocycles. The summed E-state index contributed by atoms with van der Waals surface area (Å²) < 4.78 is 19.4. The van der Waals surface area contributed by atoms with Gasteiger partial charge in [-0.3, -0.25) is 4.79 Å². The number of ether oxygens (including phenoxy) is 3. The number of esters is 1. The molecule has 4 aromatic rings. The van der Waals surface area contributed by atoms with Gasteiger partial charge in [-0.15, -0.1) is 0 Å². The largest absolute Gasteiger partial charge is 0.497 e. The molecule has 0 saturated carbocycles. The fourth-order valence-electron chi connectivity index (χ4n) is 3.90. The third kappa shape index (κ3) is 4.70. The van der Waals surface area contributed by atoms with E-state index in [1.54, 1.807) is 38.3 Å². The third-order valence-corrected chi connectivity index (χ3v) is 6.03. The Morgan fingerprint density at radius 1 is 0.971 bits per heavy atom. The Bertz CT molecular complexity index is 1360. The number of methoxy groups -OCH3 is 1. The van der Waals surface area contributed by atoms with E-state index in [-0.39, 0.29) is 19.0 Å². The molecule has 174 valence electrons. The molecular formula is C27H24BrNO5. The van der Waals surface area contributed by atoms with Crippen LogP contribution in [0.1, 0.15) is 33.3 Å². The molecule has 34 heavy (non-hydrogen) atoms. The minimum Gasteiger partial charge on any atom is -0.497 e. The number of carbonyl (C=O) groups excluding carboxylic acids is 2. The van der Waals surface area contributed by atoms with E-state index in [4.69, 9.17) is 14.2 Å². The topological polar surface area (TPSA) is 66.8 Å². The molecule has 0 atom stereocenters. The van der Waals surface area contributed by atoms with Gasteiger partial charge < -0.3 is 18.8 Å². The second kappa shape index (κ2) is 10.1. The van der Waals surface area contributed by atoms with Crippen LogP contribution in [0, 0.1) is 6.92 Å². The molecule has 0 aliphatic rings. The lowest BCUT2D eigenvalue weighted by molar-refractivity contribution is 0.0527. The van der Waals surface area contributed by atoms with Gasteiger partial charge in [0.25, 0.3) is 0 Å². The van der Waals surface area contributed by atoms with Crippen molar-refractivity contribution in [2.45, 2.75) is 13.8 Å². The van der Waals surface area contributed by atoms with Crippen LogP contribution in [0.2, 0.25) is 0 Å². The summed E-state index contributed by atoms with van der Waals surface area (Å²) in [5.74, 6) is 0.659. The lowest BCUT2D eigenvalue weighted by Crippen LogP contribution is -2.11. The number of hydrogen-bond acceptors (Lipinski definition) is 5. The maximum atomic E-state index is 12.9. The van der Waals surface area contributed by atoms with Crippen LogP contribution < -0.4 is 9.47 Å². The summed E-state index contributed by atoms with van der Waals surface area (Å²) in [6, 6.07) is 20.2. The molecule has 0 unspecified atom stereocenters. The highest BCUT2D eigenvalue weighted by Crippen LogP contribution is 2.33. The SMILES string of the molecule is CCOC(=O)c1c(C)n(-c2cccc(OC)c2)c2ccc(OCC(=O)c3ccc(Br)cc3)cc12. The fraction of sp³-hybridized carbons (Fsp3) is 0.185. The van der Waals surface area contributed by atoms with Crippen LogP contribution in [-0.4, -0.2) is 36.6 Å². The van der Waals surface area contributed by atoms with Crippen LogP contribution >= 0.6 is 15.9 Å². The van der Waals surface area contributed by atoms with Crippen molar-refractivity contribution in [1.29, 1.82) is 0 Å². The summed E-state index contributed by atoms with van der Waals surface area (Å²) in [6.45, 7) is 3.81. The first kappa shape index (κ1) is 23.6. The molecule has 3 aromatic carbocycles. The molecule has 1 aromatic heterocycles. The first-order chi connectivity index (χ1) is 16.4. The number of carbonyl (C=O) groups is 2. The molecular weight excluding hydrogens is 498 g/mol. The number of nitrogens with zero attached hydrogens (tertiary/aromatic N) is 1. The molecule has 6 nitrogen and oxygen atoms in total. The molecule has 0 N–H and O–H groups in total. The molecule has 0 saturated heterocycles. The first-order valence-electron chi connectivity index (χ1n) is 10.8. The molecule has 0 amide bonds. The van der Waals surface area contributed by atoms with E-state index in [2.05, 4.69) is 15.9 Å². The van der Waals surface area contributed by atoms with Crippen molar-refractivity contribution in [1.82, 2.24) is 4.57 Å². The highest BCUT2D eigenvalue weighted by atomic mass is 79.9. The van der Waals surface area contributed by atoms with E-state index in [1.165, 1.54) is 0 Å². The number of aromatic nitrogens is 1. The summed E-state index contributed by atoms with van der Waals surface area (Å²) in [5.41, 5.74) is 3.45. The summed E-state index contributed by atoms with van der Waals surface area (Å²) in [4.78, 5) is 25.4. The maximum absolute atomic E-state index is 12.9. The Morgan fingerprint density at radius 3 is 2.44 bits per heavy atom. The monoisotopic (exact) mass is 521 g/mol. The fourth-order valence-corrected chi connectivity index (χ4v) is 4.16. The van der Waals surface area contributed by atoms with Crippen molar-refractivity contribution in [3.05, 3.63) is 88.0 Å². The zero-order valence-corrected chi connectivity index (χ0v) is 20.7. The summed E-state index contributed by atoms with van der Waals surface area (Å²) in [7, 11) is 1.61. The van der Waals surface area contributed by atoms with Crippen LogP contribution in [-0.2, 0) is 4.74 Å². The number of benzene rings is 3. The summed E-state index contributed by atoms with van der Waals surface area (Å²) >= 11 is 3.37. The van der Waals surface area contributed by atoms with Gasteiger partial charge in [0.05, 0.1) is 24.8 Å². The number of rotatable bonds is 8. The van der Waals surface area contributed by atoms with Gasteiger partial charge in [-0.1, -0.05) is 34.1 Å². The van der Waals surface area contributed by atoms with Crippen LogP contribution in [0.15, 0.2) is 71.2 Å². The molecule has 7 heteroatoms. The van der Waals surface area contributed by atoms with E-state index < -0.39 is 5.97 Å². The average molecular weight is 522 g/mol. The van der Waals surface area contributed by atoms with Crippen molar-refractivity contribution < 1.29 is 23.8 Å². The molecule has 1 heterocycles. The normalized spacial score (nSPS) is 10.8. The van der Waals surface area contributed by atoms with Gasteiger partial charge in [0.1, 0.15) is 11.5 Å². The lowest BCUT2D eigenvalue weighted by Gasteiger charge is -2.11. The van der Waals surface area contributed by atoms with Gasteiger partial charge in [-0.25, -0.2) is 4.79 Å². The van der Waals surface area contributed by atoms with Crippen LogP contribution in [0.5, 0.6) is 11.5 Å². The predicted octanol–water partition coefficient (Wildman–Crippen LogP) is 6.15. The zero-order valence-electron chi connectivity index (χ0n) is 19.1. The minimum absolute atomic E-state index is 0.114. The van der Waals surface area contributed by atoms with Gasteiger partial charge in [-0.2, -0.15) is 0 Å². The van der Waals surface area contributed by atoms with E-state index in [0.29, 0.717) is 28.0 Å². The Morgan fingerprint density at radius 2 is 1.74 bits per heavy atom. The second-order valence-electron chi connectivity index (χ2n) is 7.62. The Labute approximate surface area is 206 Å². The number of halogens is 1. The van der Waals surface area contributed by atoms with Crippen LogP contribution in [0.25, 0.3) is 16.6 Å². The van der Waals surface area contributed by atoms with Crippen LogP contribution in [0.4, 0.5) is 0 Å². The van der Waals surface area contributed by atoms with Gasteiger partial charge in [0.15, 0.2) is 12.4 Å². The summed E-state index contributed by atoms with van der Waals surface area (Å²) in [5, 5.41) is 0.687. The molecule has 0 fully saturated rings. The molecule has 0 bridgehead atoms. The highest BCUT2D eigenvalue weighted by molar-refractivity contribution is 9.10. The van der Waals surface area contributed by atoms with Crippen molar-refractivity contribution in [2.75, 3.05) is 20.3 Å². The number of hydrogen-bond donors (Lipinski definition) is 0. The smallest absolute Gasteiger partial charge is 0.340 e. The van der Waals surface area contributed by atoms with Crippen molar-refractivity contribution in [3.8, 4) is 17.2 Å². The zero-order chi connectivity index (χ0) is 24.2. The van der Waals surface area contributed by atoms with Crippen molar-refractivity contribution in [2.24, 2.45) is 0 Å². The number of Topliss-reactive ketones (excluding diaryl/α,β-unsaturated/α-hetero) is 1. The van der Waals surface area contributed by atoms with E-state index in [1.807, 2.05) is 54.0 Å². The Hall–Kier alpha value is -3.58. The maximum Gasteiger partial charge on any atom is 0.340 e. The Balaban J connectivity index is 1.73. The van der Waals surface area contributed by atoms with Gasteiger partial charge in [0, 0.05) is 32.9 Å². The highest BCUT2D eigenvalue weighted by Gasteiger charge is 2.23. The lowest BCUT2D eigenvalue weighted by atomic mass is 10.1. The standard InChI is InChI=1S/C27H24BrNO5/c1-4-33-27(31)26-17(2)29(20-6-5-7-21(14-20)32-3)24-13-12-22(15-23(24)26)34-16-25(30)18-8-10-19(28)11-9-18/h5-15H,4,16H2,1-3H3. The van der Waals surface area contributed by atoms with E-state index in [0.717, 1.165) is 21.4 Å². The van der Waals surface area contributed by atoms with Gasteiger partial charge in [-0.05, 0) is 56.3 Å². The average Bonchev–Trinajstić information content (AvgIpc) is 3.14. The predicted molar refractivity (Wildman–Crippen MR) is 134 cm³/mol. The first-order valence-corrected chi connectivity index (χ1v) is 11.6. The Kier molecular flexibility index (Phi) is 7.03. The third-order valence-electron chi connectivity index (χ3n) is 5.50. The van der Waals surface area contributed by atoms with Crippen molar-refractivity contribution >= 4 is 38.6 Å². The second-order valence-corrected chi connectivity index (χ2v) is 8.53. The molecule has 0 aliphatic heterocycles. The van der Waals surface area contributed by atoms with Gasteiger partial charge in [0.2, 0.25) is 0 Å². The summed E-state index contributed by atoms with van der Waals surface area (Å²) in [6.07, 6.45) is 0. The number of fused-ring (bicyclic) bond motifs is 1. The minimum atomic E-state index is -0.408. The van der Waals surface area contributed by atoms with Crippen LogP contribution in [0.3, 0.4) is 0 Å². The molecule has 0 radical (unpaired) electrons. The number of ketones is 1.